The first kappa shape index (κ1) is 13.5. The second kappa shape index (κ2) is 5.80. The summed E-state index contributed by atoms with van der Waals surface area (Å²) in [5, 5.41) is 1.89. The van der Waals surface area contributed by atoms with Gasteiger partial charge in [0.25, 0.3) is 0 Å². The second-order valence-corrected chi connectivity index (χ2v) is 5.84. The van der Waals surface area contributed by atoms with Crippen LogP contribution in [0.5, 0.6) is 5.75 Å². The van der Waals surface area contributed by atoms with Crippen LogP contribution in [0.1, 0.15) is 15.3 Å². The maximum absolute atomic E-state index is 13.5. The number of halogens is 3. The van der Waals surface area contributed by atoms with Crippen molar-refractivity contribution in [3.63, 3.8) is 0 Å². The van der Waals surface area contributed by atoms with Gasteiger partial charge >= 0.3 is 0 Å². The molecule has 0 saturated heterocycles. The average Bonchev–Trinajstić information content (AvgIpc) is 2.81. The van der Waals surface area contributed by atoms with Gasteiger partial charge in [0.1, 0.15) is 17.4 Å². The summed E-state index contributed by atoms with van der Waals surface area (Å²) < 4.78 is 31.4. The number of hydrogen-bond acceptors (Lipinski definition) is 2. The molecule has 0 fully saturated rings. The summed E-state index contributed by atoms with van der Waals surface area (Å²) in [6.07, 6.45) is 0.468. The van der Waals surface area contributed by atoms with E-state index in [4.69, 9.17) is 4.74 Å². The number of rotatable bonds is 4. The van der Waals surface area contributed by atoms with E-state index in [9.17, 15) is 8.78 Å². The fourth-order valence-corrected chi connectivity index (χ4v) is 3.22. The molecule has 0 bridgehead atoms. The molecule has 2 rings (SSSR count). The van der Waals surface area contributed by atoms with Crippen LogP contribution in [0.3, 0.4) is 0 Å². The zero-order chi connectivity index (χ0) is 13.1. The molecule has 1 nitrogen and oxygen atoms in total. The minimum atomic E-state index is -0.555. The van der Waals surface area contributed by atoms with Gasteiger partial charge in [-0.15, -0.1) is 11.3 Å². The molecule has 2 aromatic rings. The number of ether oxygens (including phenoxy) is 1. The summed E-state index contributed by atoms with van der Waals surface area (Å²) in [5.74, 6) is -0.276. The van der Waals surface area contributed by atoms with Crippen molar-refractivity contribution in [3.05, 3.63) is 51.7 Å². The number of alkyl halides is 1. The molecule has 18 heavy (non-hydrogen) atoms. The van der Waals surface area contributed by atoms with Gasteiger partial charge in [-0.05, 0) is 24.1 Å². The Morgan fingerprint density at radius 3 is 2.72 bits per heavy atom. The fraction of sp³-hybridized carbons (Fsp3) is 0.231. The molecular formula is C13H11BrF2OS. The third-order valence-corrected chi connectivity index (χ3v) is 4.70. The standard InChI is InChI=1S/C13H11BrF2OS/c1-17-10-6-13(18-7-10)11(14)4-8-2-3-9(15)5-12(8)16/h2-3,5-7,11H,4H2,1H3. The largest absolute Gasteiger partial charge is 0.496 e. The molecule has 0 aliphatic rings. The van der Waals surface area contributed by atoms with E-state index < -0.39 is 11.6 Å². The summed E-state index contributed by atoms with van der Waals surface area (Å²) in [5.41, 5.74) is 0.491. The van der Waals surface area contributed by atoms with Gasteiger partial charge in [0, 0.05) is 16.3 Å². The van der Waals surface area contributed by atoms with Gasteiger partial charge in [-0.2, -0.15) is 0 Å². The number of thiophene rings is 1. The quantitative estimate of drug-likeness (QED) is 0.736. The van der Waals surface area contributed by atoms with E-state index in [-0.39, 0.29) is 4.83 Å². The van der Waals surface area contributed by atoms with Crippen LogP contribution in [-0.2, 0) is 6.42 Å². The summed E-state index contributed by atoms with van der Waals surface area (Å²) in [6, 6.07) is 5.56. The highest BCUT2D eigenvalue weighted by Gasteiger charge is 2.14. The van der Waals surface area contributed by atoms with Gasteiger partial charge in [0.15, 0.2) is 0 Å². The van der Waals surface area contributed by atoms with Crippen molar-refractivity contribution in [1.82, 2.24) is 0 Å². The highest BCUT2D eigenvalue weighted by molar-refractivity contribution is 9.09. The predicted molar refractivity (Wildman–Crippen MR) is 72.6 cm³/mol. The molecular weight excluding hydrogens is 322 g/mol. The minimum absolute atomic E-state index is 0.00800. The van der Waals surface area contributed by atoms with Crippen LogP contribution in [0.15, 0.2) is 29.6 Å². The van der Waals surface area contributed by atoms with Gasteiger partial charge in [0.2, 0.25) is 0 Å². The molecule has 96 valence electrons. The maximum Gasteiger partial charge on any atom is 0.129 e. The van der Waals surface area contributed by atoms with Crippen LogP contribution in [-0.4, -0.2) is 7.11 Å². The monoisotopic (exact) mass is 332 g/mol. The number of methoxy groups -OCH3 is 1. The third kappa shape index (κ3) is 3.09. The van der Waals surface area contributed by atoms with Crippen LogP contribution in [0.4, 0.5) is 8.78 Å². The fourth-order valence-electron chi connectivity index (χ4n) is 1.59. The molecule has 5 heteroatoms. The Labute approximate surface area is 117 Å². The number of hydrogen-bond donors (Lipinski definition) is 0. The van der Waals surface area contributed by atoms with Crippen molar-refractivity contribution in [2.75, 3.05) is 7.11 Å². The molecule has 0 radical (unpaired) electrons. The lowest BCUT2D eigenvalue weighted by Gasteiger charge is -2.08. The van der Waals surface area contributed by atoms with Crippen molar-refractivity contribution in [2.45, 2.75) is 11.2 Å². The Bertz CT molecular complexity index is 542. The first-order valence-corrected chi connectivity index (χ1v) is 7.10. The predicted octanol–water partition coefficient (Wildman–Crippen LogP) is 4.71. The van der Waals surface area contributed by atoms with Gasteiger partial charge < -0.3 is 4.74 Å². The Kier molecular flexibility index (Phi) is 4.35. The van der Waals surface area contributed by atoms with Crippen LogP contribution < -0.4 is 4.74 Å². The molecule has 0 N–H and O–H groups in total. The van der Waals surface area contributed by atoms with E-state index in [1.807, 2.05) is 11.4 Å². The second-order valence-electron chi connectivity index (χ2n) is 3.80. The summed E-state index contributed by atoms with van der Waals surface area (Å²) in [4.78, 5) is 1.04. The van der Waals surface area contributed by atoms with Gasteiger partial charge in [-0.25, -0.2) is 8.78 Å². The zero-order valence-electron chi connectivity index (χ0n) is 9.62. The molecule has 0 aliphatic carbocycles. The minimum Gasteiger partial charge on any atom is -0.496 e. The molecule has 1 heterocycles. The van der Waals surface area contributed by atoms with Crippen molar-refractivity contribution in [3.8, 4) is 5.75 Å². The van der Waals surface area contributed by atoms with Crippen molar-refractivity contribution in [1.29, 1.82) is 0 Å². The molecule has 1 aromatic carbocycles. The topological polar surface area (TPSA) is 9.23 Å². The first-order chi connectivity index (χ1) is 8.60. The lowest BCUT2D eigenvalue weighted by atomic mass is 10.1. The normalized spacial score (nSPS) is 12.4. The average molecular weight is 333 g/mol. The van der Waals surface area contributed by atoms with E-state index in [0.29, 0.717) is 12.0 Å². The molecule has 1 aromatic heterocycles. The Morgan fingerprint density at radius 1 is 1.33 bits per heavy atom. The van der Waals surface area contributed by atoms with E-state index in [0.717, 1.165) is 16.7 Å². The molecule has 0 aliphatic heterocycles. The van der Waals surface area contributed by atoms with Crippen LogP contribution >= 0.6 is 27.3 Å². The third-order valence-electron chi connectivity index (χ3n) is 2.55. The van der Waals surface area contributed by atoms with Crippen LogP contribution in [0, 0.1) is 11.6 Å². The van der Waals surface area contributed by atoms with Gasteiger partial charge in [-0.3, -0.25) is 0 Å². The highest BCUT2D eigenvalue weighted by atomic mass is 79.9. The summed E-state index contributed by atoms with van der Waals surface area (Å²) in [7, 11) is 1.61. The molecule has 0 saturated carbocycles. The lowest BCUT2D eigenvalue weighted by Crippen LogP contribution is -1.97. The van der Waals surface area contributed by atoms with Gasteiger partial charge in [0.05, 0.1) is 11.9 Å². The van der Waals surface area contributed by atoms with Crippen molar-refractivity contribution >= 4 is 27.3 Å². The van der Waals surface area contributed by atoms with Crippen molar-refractivity contribution < 1.29 is 13.5 Å². The Hall–Kier alpha value is -0.940. The van der Waals surface area contributed by atoms with Crippen molar-refractivity contribution in [2.24, 2.45) is 0 Å². The molecule has 1 unspecified atom stereocenters. The van der Waals surface area contributed by atoms with E-state index in [1.54, 1.807) is 18.4 Å². The highest BCUT2D eigenvalue weighted by Crippen LogP contribution is 2.34. The van der Waals surface area contributed by atoms with E-state index in [2.05, 4.69) is 15.9 Å². The van der Waals surface area contributed by atoms with Crippen LogP contribution in [0.2, 0.25) is 0 Å². The molecule has 0 amide bonds. The Morgan fingerprint density at radius 2 is 2.11 bits per heavy atom. The summed E-state index contributed by atoms with van der Waals surface area (Å²) >= 11 is 5.05. The number of benzene rings is 1. The Balaban J connectivity index is 2.13. The maximum atomic E-state index is 13.5. The SMILES string of the molecule is COc1csc(C(Br)Cc2ccc(F)cc2F)c1. The molecule has 0 spiro atoms. The lowest BCUT2D eigenvalue weighted by molar-refractivity contribution is 0.416. The zero-order valence-corrected chi connectivity index (χ0v) is 12.0. The van der Waals surface area contributed by atoms with E-state index in [1.165, 1.54) is 12.1 Å². The smallest absolute Gasteiger partial charge is 0.129 e. The van der Waals surface area contributed by atoms with E-state index >= 15 is 0 Å². The van der Waals surface area contributed by atoms with Crippen LogP contribution in [0.25, 0.3) is 0 Å². The summed E-state index contributed by atoms with van der Waals surface area (Å²) in [6.45, 7) is 0. The molecule has 1 atom stereocenters. The van der Waals surface area contributed by atoms with Gasteiger partial charge in [-0.1, -0.05) is 22.0 Å². The first-order valence-electron chi connectivity index (χ1n) is 5.30.